The monoisotopic (exact) mass is 134 g/mol. The van der Waals surface area contributed by atoms with Gasteiger partial charge >= 0.3 is 0 Å². The molecule has 1 rings (SSSR count). The van der Waals surface area contributed by atoms with E-state index in [2.05, 4.69) is 9.98 Å². The number of aromatic nitrogens is 1. The van der Waals surface area contributed by atoms with Gasteiger partial charge in [0.15, 0.2) is 0 Å². The second-order valence-electron chi connectivity index (χ2n) is 1.92. The molecule has 1 aromatic heterocycles. The van der Waals surface area contributed by atoms with Gasteiger partial charge in [0.05, 0.1) is 11.9 Å². The van der Waals surface area contributed by atoms with Crippen molar-refractivity contribution in [2.75, 3.05) is 0 Å². The fourth-order valence-electron chi connectivity index (χ4n) is 0.653. The van der Waals surface area contributed by atoms with E-state index < -0.39 is 0 Å². The number of nitrogens with zero attached hydrogens (tertiary/aromatic N) is 2. The molecule has 0 saturated heterocycles. The van der Waals surface area contributed by atoms with Crippen LogP contribution < -0.4 is 0 Å². The van der Waals surface area contributed by atoms with Crippen LogP contribution in [0.3, 0.4) is 0 Å². The van der Waals surface area contributed by atoms with Crippen molar-refractivity contribution < 1.29 is 4.79 Å². The van der Waals surface area contributed by atoms with Crippen LogP contribution in [-0.4, -0.2) is 11.1 Å². The Kier molecular flexibility index (Phi) is 1.92. The third kappa shape index (κ3) is 1.50. The summed E-state index contributed by atoms with van der Waals surface area (Å²) >= 11 is 0. The minimum Gasteiger partial charge on any atom is -0.262 e. The van der Waals surface area contributed by atoms with Crippen molar-refractivity contribution in [2.24, 2.45) is 4.99 Å². The number of carbonyl (C=O) groups excluding carboxylic acids is 1. The van der Waals surface area contributed by atoms with Gasteiger partial charge in [-0.1, -0.05) is 0 Å². The first-order chi connectivity index (χ1) is 4.83. The molecular formula is C7H6N2O. The van der Waals surface area contributed by atoms with Gasteiger partial charge in [-0.3, -0.25) is 4.98 Å². The van der Waals surface area contributed by atoms with Crippen LogP contribution in [-0.2, 0) is 4.79 Å². The Labute approximate surface area is 58.4 Å². The summed E-state index contributed by atoms with van der Waals surface area (Å²) in [5.41, 5.74) is 1.53. The number of aliphatic imine (C=N–C) groups is 1. The molecule has 0 aliphatic heterocycles. The zero-order valence-electron chi connectivity index (χ0n) is 5.53. The van der Waals surface area contributed by atoms with Gasteiger partial charge in [0.2, 0.25) is 6.08 Å². The number of isocyanates is 1. The SMILES string of the molecule is Cc1cncc(N=C=O)c1. The van der Waals surface area contributed by atoms with Crippen molar-refractivity contribution in [3.8, 4) is 0 Å². The normalized spacial score (nSPS) is 8.50. The molecule has 3 nitrogen and oxygen atoms in total. The smallest absolute Gasteiger partial charge is 0.240 e. The summed E-state index contributed by atoms with van der Waals surface area (Å²) in [6, 6.07) is 1.76. The molecule has 0 N–H and O–H groups in total. The van der Waals surface area contributed by atoms with Crippen LogP contribution in [0.5, 0.6) is 0 Å². The summed E-state index contributed by atoms with van der Waals surface area (Å²) in [6.07, 6.45) is 4.66. The highest BCUT2D eigenvalue weighted by molar-refractivity contribution is 5.47. The molecule has 0 spiro atoms. The van der Waals surface area contributed by atoms with Crippen LogP contribution in [0.4, 0.5) is 5.69 Å². The maximum absolute atomic E-state index is 9.77. The topological polar surface area (TPSA) is 42.3 Å². The molecule has 0 amide bonds. The van der Waals surface area contributed by atoms with Gasteiger partial charge in [0.1, 0.15) is 0 Å². The van der Waals surface area contributed by atoms with E-state index in [9.17, 15) is 4.79 Å². The van der Waals surface area contributed by atoms with Gasteiger partial charge in [-0.05, 0) is 18.6 Å². The van der Waals surface area contributed by atoms with Gasteiger partial charge < -0.3 is 0 Å². The Morgan fingerprint density at radius 2 is 2.40 bits per heavy atom. The molecule has 0 aliphatic rings. The fraction of sp³-hybridized carbons (Fsp3) is 0.143. The first-order valence-corrected chi connectivity index (χ1v) is 2.82. The van der Waals surface area contributed by atoms with Gasteiger partial charge in [-0.2, -0.15) is 4.99 Å². The summed E-state index contributed by atoms with van der Waals surface area (Å²) in [5, 5.41) is 0. The lowest BCUT2D eigenvalue weighted by Crippen LogP contribution is -1.73. The summed E-state index contributed by atoms with van der Waals surface area (Å²) in [6.45, 7) is 1.89. The molecule has 1 heterocycles. The third-order valence-electron chi connectivity index (χ3n) is 1.04. The average molecular weight is 134 g/mol. The van der Waals surface area contributed by atoms with Crippen molar-refractivity contribution in [2.45, 2.75) is 6.92 Å². The molecule has 0 fully saturated rings. The molecule has 1 aromatic rings. The van der Waals surface area contributed by atoms with Crippen molar-refractivity contribution in [3.05, 3.63) is 24.0 Å². The number of hydrogen-bond acceptors (Lipinski definition) is 3. The molecule has 0 radical (unpaired) electrons. The van der Waals surface area contributed by atoms with E-state index in [1.165, 1.54) is 12.3 Å². The molecule has 3 heteroatoms. The number of pyridine rings is 1. The van der Waals surface area contributed by atoms with E-state index in [0.29, 0.717) is 5.69 Å². The molecule has 0 aliphatic carbocycles. The number of aryl methyl sites for hydroxylation is 1. The van der Waals surface area contributed by atoms with Gasteiger partial charge in [0.25, 0.3) is 0 Å². The van der Waals surface area contributed by atoms with Crippen molar-refractivity contribution >= 4 is 11.8 Å². The molecule has 0 saturated carbocycles. The van der Waals surface area contributed by atoms with Crippen LogP contribution in [0.15, 0.2) is 23.5 Å². The highest BCUT2D eigenvalue weighted by atomic mass is 16.1. The Balaban J connectivity index is 3.06. The number of hydrogen-bond donors (Lipinski definition) is 0. The van der Waals surface area contributed by atoms with Crippen LogP contribution in [0.2, 0.25) is 0 Å². The Morgan fingerprint density at radius 3 is 3.00 bits per heavy atom. The minimum atomic E-state index is 0.551. The molecule has 50 valence electrons. The first-order valence-electron chi connectivity index (χ1n) is 2.82. The summed E-state index contributed by atoms with van der Waals surface area (Å²) in [5.74, 6) is 0. The summed E-state index contributed by atoms with van der Waals surface area (Å²) < 4.78 is 0. The van der Waals surface area contributed by atoms with Crippen LogP contribution in [0.25, 0.3) is 0 Å². The third-order valence-corrected chi connectivity index (χ3v) is 1.04. The fourth-order valence-corrected chi connectivity index (χ4v) is 0.653. The van der Waals surface area contributed by atoms with E-state index in [4.69, 9.17) is 0 Å². The van der Waals surface area contributed by atoms with Gasteiger partial charge in [-0.15, -0.1) is 0 Å². The largest absolute Gasteiger partial charge is 0.262 e. The van der Waals surface area contributed by atoms with E-state index in [1.807, 2.05) is 6.92 Å². The van der Waals surface area contributed by atoms with Gasteiger partial charge in [-0.25, -0.2) is 4.79 Å². The minimum absolute atomic E-state index is 0.551. The Bertz CT molecular complexity index is 277. The molecular weight excluding hydrogens is 128 g/mol. The lowest BCUT2D eigenvalue weighted by molar-refractivity contribution is 0.565. The standard InChI is InChI=1S/C7H6N2O/c1-6-2-7(9-5-10)4-8-3-6/h2-4H,1H3. The van der Waals surface area contributed by atoms with E-state index >= 15 is 0 Å². The maximum Gasteiger partial charge on any atom is 0.240 e. The Hall–Kier alpha value is -1.47. The molecule has 0 atom stereocenters. The van der Waals surface area contributed by atoms with Crippen LogP contribution in [0, 0.1) is 6.92 Å². The van der Waals surface area contributed by atoms with E-state index in [-0.39, 0.29) is 0 Å². The molecule has 10 heavy (non-hydrogen) atoms. The predicted molar refractivity (Wildman–Crippen MR) is 36.8 cm³/mol. The summed E-state index contributed by atoms with van der Waals surface area (Å²) in [7, 11) is 0. The van der Waals surface area contributed by atoms with Crippen molar-refractivity contribution in [3.63, 3.8) is 0 Å². The quantitative estimate of drug-likeness (QED) is 0.430. The highest BCUT2D eigenvalue weighted by Gasteiger charge is 1.87. The van der Waals surface area contributed by atoms with Crippen LogP contribution in [0.1, 0.15) is 5.56 Å². The predicted octanol–water partition coefficient (Wildman–Crippen LogP) is 1.36. The van der Waals surface area contributed by atoms with E-state index in [1.54, 1.807) is 12.3 Å². The zero-order chi connectivity index (χ0) is 7.40. The number of rotatable bonds is 1. The average Bonchev–Trinajstić information content (AvgIpc) is 1.88. The highest BCUT2D eigenvalue weighted by Crippen LogP contribution is 2.09. The summed E-state index contributed by atoms with van der Waals surface area (Å²) in [4.78, 5) is 17.0. The zero-order valence-corrected chi connectivity index (χ0v) is 5.53. The van der Waals surface area contributed by atoms with Crippen molar-refractivity contribution in [1.29, 1.82) is 0 Å². The lowest BCUT2D eigenvalue weighted by atomic mass is 10.3. The lowest BCUT2D eigenvalue weighted by Gasteiger charge is -1.89. The van der Waals surface area contributed by atoms with Crippen molar-refractivity contribution in [1.82, 2.24) is 4.98 Å². The maximum atomic E-state index is 9.77. The van der Waals surface area contributed by atoms with Gasteiger partial charge in [0, 0.05) is 6.20 Å². The molecule has 0 bridgehead atoms. The molecule has 0 unspecified atom stereocenters. The van der Waals surface area contributed by atoms with E-state index in [0.717, 1.165) is 5.56 Å². The van der Waals surface area contributed by atoms with Crippen LogP contribution >= 0.6 is 0 Å². The molecule has 0 aromatic carbocycles. The Morgan fingerprint density at radius 1 is 1.60 bits per heavy atom. The second kappa shape index (κ2) is 2.90. The first kappa shape index (κ1) is 6.65. The second-order valence-corrected chi connectivity index (χ2v) is 1.92.